The SMILES string of the molecule is Cc1ccc(C2(N)CC2)c(S(C)(=O)=O)c1. The summed E-state index contributed by atoms with van der Waals surface area (Å²) in [5.41, 5.74) is 7.38. The first-order chi connectivity index (χ1) is 6.83. The van der Waals surface area contributed by atoms with E-state index in [0.29, 0.717) is 4.90 Å². The van der Waals surface area contributed by atoms with Crippen LogP contribution in [0.5, 0.6) is 0 Å². The molecule has 2 rings (SSSR count). The van der Waals surface area contributed by atoms with Crippen LogP contribution in [0.2, 0.25) is 0 Å². The highest BCUT2D eigenvalue weighted by Crippen LogP contribution is 2.45. The molecule has 0 aliphatic heterocycles. The number of rotatable bonds is 2. The number of hydrogen-bond acceptors (Lipinski definition) is 3. The van der Waals surface area contributed by atoms with E-state index in [2.05, 4.69) is 0 Å². The molecule has 0 radical (unpaired) electrons. The summed E-state index contributed by atoms with van der Waals surface area (Å²) in [6, 6.07) is 5.47. The monoisotopic (exact) mass is 225 g/mol. The Hall–Kier alpha value is -0.870. The van der Waals surface area contributed by atoms with Crippen LogP contribution >= 0.6 is 0 Å². The van der Waals surface area contributed by atoms with Crippen molar-refractivity contribution in [2.45, 2.75) is 30.2 Å². The van der Waals surface area contributed by atoms with Crippen molar-refractivity contribution in [3.8, 4) is 0 Å². The molecule has 0 saturated heterocycles. The largest absolute Gasteiger partial charge is 0.321 e. The van der Waals surface area contributed by atoms with Gasteiger partial charge in [-0.2, -0.15) is 0 Å². The molecule has 1 saturated carbocycles. The van der Waals surface area contributed by atoms with Gasteiger partial charge >= 0.3 is 0 Å². The van der Waals surface area contributed by atoms with E-state index in [1.54, 1.807) is 6.07 Å². The van der Waals surface area contributed by atoms with Gasteiger partial charge in [0.1, 0.15) is 0 Å². The van der Waals surface area contributed by atoms with E-state index in [0.717, 1.165) is 24.0 Å². The van der Waals surface area contributed by atoms with Gasteiger partial charge in [-0.25, -0.2) is 8.42 Å². The highest BCUT2D eigenvalue weighted by Gasteiger charge is 2.42. The molecule has 1 aromatic rings. The standard InChI is InChI=1S/C11H15NO2S/c1-8-3-4-9(11(12)5-6-11)10(7-8)15(2,13)14/h3-4,7H,5-6,12H2,1-2H3. The second kappa shape index (κ2) is 3.06. The number of benzene rings is 1. The first-order valence-corrected chi connectivity index (χ1v) is 6.82. The Morgan fingerprint density at radius 2 is 1.93 bits per heavy atom. The Morgan fingerprint density at radius 1 is 1.33 bits per heavy atom. The summed E-state index contributed by atoms with van der Waals surface area (Å²) < 4.78 is 23.2. The van der Waals surface area contributed by atoms with E-state index < -0.39 is 15.4 Å². The third-order valence-electron chi connectivity index (χ3n) is 2.86. The van der Waals surface area contributed by atoms with Gasteiger partial charge in [-0.1, -0.05) is 12.1 Å². The number of sulfone groups is 1. The molecule has 1 fully saturated rings. The molecular weight excluding hydrogens is 210 g/mol. The topological polar surface area (TPSA) is 60.2 Å². The molecule has 1 aromatic carbocycles. The van der Waals surface area contributed by atoms with Crippen LogP contribution in [0.15, 0.2) is 23.1 Å². The van der Waals surface area contributed by atoms with Crippen LogP contribution in [0.25, 0.3) is 0 Å². The maximum Gasteiger partial charge on any atom is 0.175 e. The summed E-state index contributed by atoms with van der Waals surface area (Å²) in [5.74, 6) is 0. The maximum absolute atomic E-state index is 11.6. The van der Waals surface area contributed by atoms with E-state index in [4.69, 9.17) is 5.73 Å². The molecule has 0 amide bonds. The minimum atomic E-state index is -3.18. The van der Waals surface area contributed by atoms with Gasteiger partial charge in [0.2, 0.25) is 0 Å². The van der Waals surface area contributed by atoms with Crippen molar-refractivity contribution in [3.05, 3.63) is 29.3 Å². The molecule has 0 atom stereocenters. The van der Waals surface area contributed by atoms with Gasteiger partial charge in [0, 0.05) is 11.8 Å². The van der Waals surface area contributed by atoms with Gasteiger partial charge in [0.15, 0.2) is 9.84 Å². The van der Waals surface area contributed by atoms with Gasteiger partial charge < -0.3 is 5.73 Å². The molecule has 1 aliphatic carbocycles. The van der Waals surface area contributed by atoms with Crippen LogP contribution < -0.4 is 5.73 Å². The van der Waals surface area contributed by atoms with Gasteiger partial charge in [-0.3, -0.25) is 0 Å². The Bertz CT molecular complexity index is 501. The summed E-state index contributed by atoms with van der Waals surface area (Å²) in [6.07, 6.45) is 2.98. The zero-order valence-electron chi connectivity index (χ0n) is 8.95. The predicted molar refractivity (Wildman–Crippen MR) is 59.4 cm³/mol. The Labute approximate surface area is 90.2 Å². The second-order valence-electron chi connectivity index (χ2n) is 4.43. The normalized spacial score (nSPS) is 18.9. The Kier molecular flexibility index (Phi) is 2.17. The Balaban J connectivity index is 2.65. The van der Waals surface area contributed by atoms with Crippen LogP contribution in [0.1, 0.15) is 24.0 Å². The molecule has 0 bridgehead atoms. The van der Waals surface area contributed by atoms with Crippen molar-refractivity contribution in [3.63, 3.8) is 0 Å². The van der Waals surface area contributed by atoms with E-state index in [1.165, 1.54) is 6.26 Å². The van der Waals surface area contributed by atoms with Crippen LogP contribution in [-0.2, 0) is 15.4 Å². The van der Waals surface area contributed by atoms with Crippen molar-refractivity contribution >= 4 is 9.84 Å². The number of nitrogens with two attached hydrogens (primary N) is 1. The molecule has 0 heterocycles. The summed E-state index contributed by atoms with van der Waals surface area (Å²) in [4.78, 5) is 0.391. The first kappa shape index (κ1) is 10.6. The summed E-state index contributed by atoms with van der Waals surface area (Å²) in [7, 11) is -3.18. The maximum atomic E-state index is 11.6. The number of aryl methyl sites for hydroxylation is 1. The molecule has 3 nitrogen and oxygen atoms in total. The second-order valence-corrected chi connectivity index (χ2v) is 6.41. The van der Waals surface area contributed by atoms with E-state index in [1.807, 2.05) is 19.1 Å². The highest BCUT2D eigenvalue weighted by molar-refractivity contribution is 7.90. The van der Waals surface area contributed by atoms with Crippen molar-refractivity contribution in [1.82, 2.24) is 0 Å². The van der Waals surface area contributed by atoms with Gasteiger partial charge in [0.05, 0.1) is 4.90 Å². The molecule has 0 unspecified atom stereocenters. The average molecular weight is 225 g/mol. The molecule has 1 aliphatic rings. The summed E-state index contributed by atoms with van der Waals surface area (Å²) >= 11 is 0. The van der Waals surface area contributed by atoms with Crippen LogP contribution in [0.3, 0.4) is 0 Å². The minimum Gasteiger partial charge on any atom is -0.321 e. The smallest absolute Gasteiger partial charge is 0.175 e. The fourth-order valence-corrected chi connectivity index (χ4v) is 2.82. The molecule has 0 aromatic heterocycles. The summed E-state index contributed by atoms with van der Waals surface area (Å²) in [5, 5.41) is 0. The predicted octanol–water partition coefficient (Wildman–Crippen LogP) is 1.35. The van der Waals surface area contributed by atoms with Crippen LogP contribution in [0.4, 0.5) is 0 Å². The van der Waals surface area contributed by atoms with Gasteiger partial charge in [-0.05, 0) is 37.0 Å². The van der Waals surface area contributed by atoms with E-state index in [9.17, 15) is 8.42 Å². The third kappa shape index (κ3) is 1.92. The number of hydrogen-bond donors (Lipinski definition) is 1. The zero-order chi connectivity index (χ0) is 11.3. The van der Waals surface area contributed by atoms with Crippen molar-refractivity contribution in [1.29, 1.82) is 0 Å². The first-order valence-electron chi connectivity index (χ1n) is 4.93. The highest BCUT2D eigenvalue weighted by atomic mass is 32.2. The van der Waals surface area contributed by atoms with Crippen LogP contribution in [0, 0.1) is 6.92 Å². The van der Waals surface area contributed by atoms with Gasteiger partial charge in [0.25, 0.3) is 0 Å². The lowest BCUT2D eigenvalue weighted by Crippen LogP contribution is -2.22. The lowest BCUT2D eigenvalue weighted by Gasteiger charge is -2.14. The lowest BCUT2D eigenvalue weighted by molar-refractivity contribution is 0.597. The molecular formula is C11H15NO2S. The Morgan fingerprint density at radius 3 is 2.40 bits per heavy atom. The zero-order valence-corrected chi connectivity index (χ0v) is 9.76. The van der Waals surface area contributed by atoms with Crippen molar-refractivity contribution in [2.24, 2.45) is 5.73 Å². The molecule has 82 valence electrons. The molecule has 4 heteroatoms. The van der Waals surface area contributed by atoms with Crippen molar-refractivity contribution in [2.75, 3.05) is 6.26 Å². The quantitative estimate of drug-likeness (QED) is 0.826. The fraction of sp³-hybridized carbons (Fsp3) is 0.455. The van der Waals surface area contributed by atoms with E-state index in [-0.39, 0.29) is 0 Å². The van der Waals surface area contributed by atoms with Crippen molar-refractivity contribution < 1.29 is 8.42 Å². The third-order valence-corrected chi connectivity index (χ3v) is 4.00. The lowest BCUT2D eigenvalue weighted by atomic mass is 10.0. The fourth-order valence-electron chi connectivity index (χ4n) is 1.75. The minimum absolute atomic E-state index is 0.391. The van der Waals surface area contributed by atoms with E-state index >= 15 is 0 Å². The molecule has 0 spiro atoms. The average Bonchev–Trinajstić information content (AvgIpc) is 2.83. The van der Waals surface area contributed by atoms with Gasteiger partial charge in [-0.15, -0.1) is 0 Å². The molecule has 15 heavy (non-hydrogen) atoms. The summed E-state index contributed by atoms with van der Waals surface area (Å²) in [6.45, 7) is 1.88. The van der Waals surface area contributed by atoms with Crippen LogP contribution in [-0.4, -0.2) is 14.7 Å². The molecule has 2 N–H and O–H groups in total.